The summed E-state index contributed by atoms with van der Waals surface area (Å²) in [5.74, 6) is -0.324. The molecule has 0 aliphatic heterocycles. The van der Waals surface area contributed by atoms with Crippen molar-refractivity contribution in [2.24, 2.45) is 5.73 Å². The zero-order chi connectivity index (χ0) is 13.7. The van der Waals surface area contributed by atoms with Crippen LogP contribution in [0.4, 0.5) is 5.69 Å². The van der Waals surface area contributed by atoms with E-state index in [4.69, 9.17) is 10.5 Å². The fourth-order valence-electron chi connectivity index (χ4n) is 1.46. The van der Waals surface area contributed by atoms with E-state index in [2.05, 4.69) is 4.74 Å². The molecule has 0 aromatic heterocycles. The highest BCUT2D eigenvalue weighted by Gasteiger charge is 2.19. The van der Waals surface area contributed by atoms with Crippen molar-refractivity contribution in [3.05, 3.63) is 33.9 Å². The number of carbonyl (C=O) groups excluding carboxylic acids is 1. The Hall–Kier alpha value is -2.15. The molecule has 1 rings (SSSR count). The minimum atomic E-state index is -0.651. The highest BCUT2D eigenvalue weighted by atomic mass is 16.6. The largest absolute Gasteiger partial charge is 0.490 e. The number of nitrogens with two attached hydrogens (primary N) is 1. The number of methoxy groups -OCH3 is 2. The Morgan fingerprint density at radius 2 is 2.17 bits per heavy atom. The summed E-state index contributed by atoms with van der Waals surface area (Å²) < 4.78 is 9.36. The van der Waals surface area contributed by atoms with Gasteiger partial charge in [0, 0.05) is 12.1 Å². The zero-order valence-corrected chi connectivity index (χ0v) is 10.1. The average molecular weight is 254 g/mol. The zero-order valence-electron chi connectivity index (χ0n) is 10.1. The first kappa shape index (κ1) is 13.9. The van der Waals surface area contributed by atoms with E-state index < -0.39 is 16.9 Å². The van der Waals surface area contributed by atoms with Gasteiger partial charge in [0.15, 0.2) is 5.75 Å². The van der Waals surface area contributed by atoms with E-state index in [0.29, 0.717) is 5.56 Å². The van der Waals surface area contributed by atoms with Crippen LogP contribution < -0.4 is 10.5 Å². The average Bonchev–Trinajstić information content (AvgIpc) is 2.37. The topological polar surface area (TPSA) is 105 Å². The molecule has 0 radical (unpaired) electrons. The molecule has 0 spiro atoms. The lowest BCUT2D eigenvalue weighted by Gasteiger charge is -2.11. The van der Waals surface area contributed by atoms with Crippen LogP contribution >= 0.6 is 0 Å². The predicted molar refractivity (Wildman–Crippen MR) is 63.2 cm³/mol. The van der Waals surface area contributed by atoms with E-state index in [1.807, 2.05) is 0 Å². The summed E-state index contributed by atoms with van der Waals surface area (Å²) in [4.78, 5) is 21.3. The minimum Gasteiger partial charge on any atom is -0.490 e. The Labute approximate surface area is 104 Å². The van der Waals surface area contributed by atoms with E-state index in [9.17, 15) is 14.9 Å². The number of esters is 1. The number of benzene rings is 1. The maximum atomic E-state index is 11.1. The number of nitro groups is 1. The molecule has 0 heterocycles. The molecule has 0 amide bonds. The van der Waals surface area contributed by atoms with Crippen LogP contribution in [-0.4, -0.2) is 25.1 Å². The van der Waals surface area contributed by atoms with Gasteiger partial charge >= 0.3 is 11.7 Å². The molecule has 0 saturated heterocycles. The van der Waals surface area contributed by atoms with Crippen molar-refractivity contribution in [2.75, 3.05) is 14.2 Å². The monoisotopic (exact) mass is 254 g/mol. The molecule has 1 aromatic carbocycles. The van der Waals surface area contributed by atoms with E-state index in [1.54, 1.807) is 6.07 Å². The Morgan fingerprint density at radius 3 is 2.67 bits per heavy atom. The van der Waals surface area contributed by atoms with Crippen molar-refractivity contribution in [2.45, 2.75) is 12.5 Å². The Kier molecular flexibility index (Phi) is 4.61. The quantitative estimate of drug-likeness (QED) is 0.480. The molecule has 0 aliphatic rings. The first-order valence-corrected chi connectivity index (χ1v) is 5.14. The number of rotatable bonds is 5. The van der Waals surface area contributed by atoms with Crippen LogP contribution in [0, 0.1) is 10.1 Å². The lowest BCUT2D eigenvalue weighted by Crippen LogP contribution is -2.16. The summed E-state index contributed by atoms with van der Waals surface area (Å²) in [6, 6.07) is 3.68. The van der Waals surface area contributed by atoms with Gasteiger partial charge in [-0.3, -0.25) is 14.9 Å². The number of ether oxygens (including phenoxy) is 2. The van der Waals surface area contributed by atoms with Crippen molar-refractivity contribution in [1.29, 1.82) is 0 Å². The Bertz CT molecular complexity index is 461. The van der Waals surface area contributed by atoms with Crippen molar-refractivity contribution < 1.29 is 19.2 Å². The molecule has 0 bridgehead atoms. The molecule has 0 saturated carbocycles. The van der Waals surface area contributed by atoms with E-state index >= 15 is 0 Å². The SMILES string of the molecule is COC(=O)C[C@H](N)c1ccc(OC)c([N+](=O)[O-])c1. The fourth-order valence-corrected chi connectivity index (χ4v) is 1.46. The molecule has 0 aliphatic carbocycles. The predicted octanol–water partition coefficient (Wildman–Crippen LogP) is 1.17. The van der Waals surface area contributed by atoms with Gasteiger partial charge in [0.1, 0.15) is 0 Å². The van der Waals surface area contributed by atoms with Crippen LogP contribution in [0.25, 0.3) is 0 Å². The van der Waals surface area contributed by atoms with Gasteiger partial charge in [0.25, 0.3) is 0 Å². The number of nitrogens with zero attached hydrogens (tertiary/aromatic N) is 1. The molecule has 1 atom stereocenters. The molecule has 7 heteroatoms. The van der Waals surface area contributed by atoms with Crippen LogP contribution in [0.15, 0.2) is 18.2 Å². The van der Waals surface area contributed by atoms with Gasteiger partial charge in [-0.2, -0.15) is 0 Å². The summed E-state index contributed by atoms with van der Waals surface area (Å²) >= 11 is 0. The van der Waals surface area contributed by atoms with Crippen LogP contribution in [0.3, 0.4) is 0 Å². The van der Waals surface area contributed by atoms with Gasteiger partial charge in [0.2, 0.25) is 0 Å². The number of nitro benzene ring substituents is 1. The molecule has 7 nitrogen and oxygen atoms in total. The van der Waals surface area contributed by atoms with Crippen LogP contribution in [0.1, 0.15) is 18.0 Å². The normalized spacial score (nSPS) is 11.7. The molecule has 0 fully saturated rings. The Balaban J connectivity index is 3.00. The first-order chi connectivity index (χ1) is 8.49. The van der Waals surface area contributed by atoms with Gasteiger partial charge in [0.05, 0.1) is 25.6 Å². The standard InChI is InChI=1S/C11H14N2O5/c1-17-10-4-3-7(5-9(10)13(15)16)8(12)6-11(14)18-2/h3-5,8H,6,12H2,1-2H3/t8-/m0/s1. The summed E-state index contributed by atoms with van der Waals surface area (Å²) in [5, 5.41) is 10.8. The molecule has 98 valence electrons. The van der Waals surface area contributed by atoms with Crippen molar-refractivity contribution >= 4 is 11.7 Å². The third-order valence-corrected chi connectivity index (χ3v) is 2.44. The lowest BCUT2D eigenvalue weighted by atomic mass is 10.0. The van der Waals surface area contributed by atoms with Crippen LogP contribution in [-0.2, 0) is 9.53 Å². The van der Waals surface area contributed by atoms with Crippen LogP contribution in [0.5, 0.6) is 5.75 Å². The second-order valence-corrected chi connectivity index (χ2v) is 3.58. The lowest BCUT2D eigenvalue weighted by molar-refractivity contribution is -0.385. The van der Waals surface area contributed by atoms with Gasteiger partial charge < -0.3 is 15.2 Å². The molecular formula is C11H14N2O5. The maximum Gasteiger partial charge on any atom is 0.311 e. The van der Waals surface area contributed by atoms with E-state index in [1.165, 1.54) is 26.4 Å². The third kappa shape index (κ3) is 3.17. The summed E-state index contributed by atoms with van der Waals surface area (Å²) in [6.07, 6.45) is -0.0417. The number of carbonyl (C=O) groups is 1. The van der Waals surface area contributed by atoms with Crippen molar-refractivity contribution in [3.63, 3.8) is 0 Å². The van der Waals surface area contributed by atoms with Crippen molar-refractivity contribution in [3.8, 4) is 5.75 Å². The Morgan fingerprint density at radius 1 is 1.50 bits per heavy atom. The van der Waals surface area contributed by atoms with E-state index in [-0.39, 0.29) is 17.9 Å². The molecule has 2 N–H and O–H groups in total. The number of hydrogen-bond acceptors (Lipinski definition) is 6. The smallest absolute Gasteiger partial charge is 0.311 e. The second kappa shape index (κ2) is 5.97. The highest BCUT2D eigenvalue weighted by molar-refractivity contribution is 5.70. The van der Waals surface area contributed by atoms with Gasteiger partial charge in [-0.25, -0.2) is 0 Å². The minimum absolute atomic E-state index is 0.0417. The molecule has 1 aromatic rings. The van der Waals surface area contributed by atoms with Crippen LogP contribution in [0.2, 0.25) is 0 Å². The molecule has 18 heavy (non-hydrogen) atoms. The summed E-state index contributed by atoms with van der Waals surface area (Å²) in [6.45, 7) is 0. The van der Waals surface area contributed by atoms with E-state index in [0.717, 1.165) is 0 Å². The van der Waals surface area contributed by atoms with Gasteiger partial charge in [-0.15, -0.1) is 0 Å². The van der Waals surface area contributed by atoms with Gasteiger partial charge in [-0.05, 0) is 11.6 Å². The fraction of sp³-hybridized carbons (Fsp3) is 0.364. The first-order valence-electron chi connectivity index (χ1n) is 5.14. The second-order valence-electron chi connectivity index (χ2n) is 3.58. The molecular weight excluding hydrogens is 240 g/mol. The van der Waals surface area contributed by atoms with Crippen molar-refractivity contribution in [1.82, 2.24) is 0 Å². The maximum absolute atomic E-state index is 11.1. The summed E-state index contributed by atoms with van der Waals surface area (Å²) in [7, 11) is 2.60. The van der Waals surface area contributed by atoms with Gasteiger partial charge in [-0.1, -0.05) is 6.07 Å². The highest BCUT2D eigenvalue weighted by Crippen LogP contribution is 2.30. The molecule has 0 unspecified atom stereocenters. The summed E-state index contributed by atoms with van der Waals surface area (Å²) in [5.41, 5.74) is 6.06. The third-order valence-electron chi connectivity index (χ3n) is 2.44. The number of hydrogen-bond donors (Lipinski definition) is 1.